The van der Waals surface area contributed by atoms with Crippen LogP contribution in [0, 0.1) is 0 Å². The van der Waals surface area contributed by atoms with Crippen LogP contribution in [0.2, 0.25) is 0 Å². The predicted octanol–water partition coefficient (Wildman–Crippen LogP) is 1.01. The molecule has 4 nitrogen and oxygen atoms in total. The van der Waals surface area contributed by atoms with Crippen LogP contribution in [0.15, 0.2) is 40.6 Å². The van der Waals surface area contributed by atoms with Crippen LogP contribution in [0.5, 0.6) is 0 Å². The molecule has 0 saturated carbocycles. The highest BCUT2D eigenvalue weighted by Gasteiger charge is 2.22. The highest BCUT2D eigenvalue weighted by Crippen LogP contribution is 2.27. The fraction of sp³-hybridized carbons (Fsp3) is 0.273. The molecule has 2 aliphatic rings. The highest BCUT2D eigenvalue weighted by atomic mass is 16.4. The number of aliphatic imine (C=N–C) groups is 1. The van der Waals surface area contributed by atoms with Crippen molar-refractivity contribution in [1.29, 1.82) is 0 Å². The lowest BCUT2D eigenvalue weighted by molar-refractivity contribution is -0.138. The van der Waals surface area contributed by atoms with Crippen LogP contribution in [0.25, 0.3) is 0 Å². The molecular formula is C11H12N2O2. The van der Waals surface area contributed by atoms with Gasteiger partial charge in [0.25, 0.3) is 0 Å². The van der Waals surface area contributed by atoms with Gasteiger partial charge >= 0.3 is 5.97 Å². The van der Waals surface area contributed by atoms with Crippen LogP contribution >= 0.6 is 0 Å². The first-order valence-electron chi connectivity index (χ1n) is 4.80. The molecule has 0 fully saturated rings. The summed E-state index contributed by atoms with van der Waals surface area (Å²) in [5.74, 6) is -0.976. The summed E-state index contributed by atoms with van der Waals surface area (Å²) in [7, 11) is 0. The number of allylic oxidation sites excluding steroid dienone is 4. The summed E-state index contributed by atoms with van der Waals surface area (Å²) in [5.41, 5.74) is 8.44. The molecule has 0 amide bonds. The Balaban J connectivity index is 2.11. The molecule has 2 rings (SSSR count). The van der Waals surface area contributed by atoms with E-state index in [0.717, 1.165) is 23.3 Å². The maximum atomic E-state index is 10.6. The normalized spacial score (nSPS) is 20.2. The average Bonchev–Trinajstić information content (AvgIpc) is 2.62. The number of aliphatic carboxylic acids is 1. The minimum atomic E-state index is -0.976. The largest absolute Gasteiger partial charge is 0.480 e. The van der Waals surface area contributed by atoms with Crippen molar-refractivity contribution >= 4 is 11.7 Å². The monoisotopic (exact) mass is 204 g/mol. The Morgan fingerprint density at radius 1 is 1.67 bits per heavy atom. The first-order valence-corrected chi connectivity index (χ1v) is 4.80. The molecule has 78 valence electrons. The summed E-state index contributed by atoms with van der Waals surface area (Å²) in [5, 5.41) is 8.72. The van der Waals surface area contributed by atoms with Crippen molar-refractivity contribution in [1.82, 2.24) is 0 Å². The average molecular weight is 204 g/mol. The molecule has 1 atom stereocenters. The summed E-state index contributed by atoms with van der Waals surface area (Å²) >= 11 is 0. The Morgan fingerprint density at radius 3 is 3.20 bits per heavy atom. The molecule has 0 unspecified atom stereocenters. The number of hydrogen-bond acceptors (Lipinski definition) is 3. The fourth-order valence-corrected chi connectivity index (χ4v) is 1.68. The zero-order chi connectivity index (χ0) is 10.8. The topological polar surface area (TPSA) is 75.7 Å². The van der Waals surface area contributed by atoms with E-state index in [9.17, 15) is 4.79 Å². The molecule has 0 aromatic rings. The Hall–Kier alpha value is -1.68. The van der Waals surface area contributed by atoms with Gasteiger partial charge in [0.15, 0.2) is 0 Å². The van der Waals surface area contributed by atoms with Gasteiger partial charge in [0.2, 0.25) is 0 Å². The van der Waals surface area contributed by atoms with Gasteiger partial charge in [-0.2, -0.15) is 0 Å². The Morgan fingerprint density at radius 2 is 2.47 bits per heavy atom. The van der Waals surface area contributed by atoms with Gasteiger partial charge in [-0.1, -0.05) is 18.2 Å². The number of fused-ring (bicyclic) bond motifs is 1. The van der Waals surface area contributed by atoms with E-state index in [2.05, 4.69) is 4.99 Å². The molecule has 15 heavy (non-hydrogen) atoms. The van der Waals surface area contributed by atoms with E-state index in [-0.39, 0.29) is 0 Å². The molecule has 0 spiro atoms. The minimum Gasteiger partial charge on any atom is -0.480 e. The van der Waals surface area contributed by atoms with Gasteiger partial charge < -0.3 is 10.8 Å². The Labute approximate surface area is 87.5 Å². The van der Waals surface area contributed by atoms with Crippen LogP contribution in [-0.2, 0) is 4.79 Å². The van der Waals surface area contributed by atoms with E-state index < -0.39 is 12.0 Å². The number of carbonyl (C=O) groups is 1. The second kappa shape index (κ2) is 3.82. The van der Waals surface area contributed by atoms with E-state index in [1.165, 1.54) is 0 Å². The van der Waals surface area contributed by atoms with E-state index in [1.54, 1.807) is 6.20 Å². The summed E-state index contributed by atoms with van der Waals surface area (Å²) in [6, 6.07) is -0.849. The number of carboxylic acids is 1. The third kappa shape index (κ3) is 1.89. The second-order valence-corrected chi connectivity index (χ2v) is 3.59. The minimum absolute atomic E-state index is 0.335. The quantitative estimate of drug-likeness (QED) is 0.720. The van der Waals surface area contributed by atoms with Crippen molar-refractivity contribution in [3.63, 3.8) is 0 Å². The van der Waals surface area contributed by atoms with Crippen molar-refractivity contribution in [3.8, 4) is 0 Å². The zero-order valence-electron chi connectivity index (χ0n) is 8.18. The van der Waals surface area contributed by atoms with E-state index in [4.69, 9.17) is 10.8 Å². The maximum Gasteiger partial charge on any atom is 0.320 e. The highest BCUT2D eigenvalue weighted by molar-refractivity contribution is 6.08. The van der Waals surface area contributed by atoms with Crippen LogP contribution in [-0.4, -0.2) is 22.8 Å². The molecule has 0 radical (unpaired) electrons. The van der Waals surface area contributed by atoms with Crippen LogP contribution in [0.3, 0.4) is 0 Å². The molecule has 1 aliphatic carbocycles. The van der Waals surface area contributed by atoms with Gasteiger partial charge in [-0.15, -0.1) is 0 Å². The predicted molar refractivity (Wildman–Crippen MR) is 57.6 cm³/mol. The zero-order valence-corrected chi connectivity index (χ0v) is 8.18. The lowest BCUT2D eigenvalue weighted by Gasteiger charge is -2.11. The van der Waals surface area contributed by atoms with Crippen molar-refractivity contribution in [2.24, 2.45) is 10.7 Å². The van der Waals surface area contributed by atoms with E-state index in [0.29, 0.717) is 6.42 Å². The first kappa shape index (κ1) is 9.86. The van der Waals surface area contributed by atoms with Crippen molar-refractivity contribution < 1.29 is 9.90 Å². The van der Waals surface area contributed by atoms with Gasteiger partial charge in [-0.05, 0) is 5.57 Å². The van der Waals surface area contributed by atoms with Gasteiger partial charge in [0.05, 0.1) is 5.71 Å². The van der Waals surface area contributed by atoms with Crippen LogP contribution < -0.4 is 5.73 Å². The molecule has 1 aliphatic heterocycles. The summed E-state index contributed by atoms with van der Waals surface area (Å²) in [4.78, 5) is 14.9. The molecule has 1 heterocycles. The molecule has 0 aromatic heterocycles. The van der Waals surface area contributed by atoms with Gasteiger partial charge in [-0.25, -0.2) is 0 Å². The van der Waals surface area contributed by atoms with E-state index in [1.807, 2.05) is 18.2 Å². The standard InChI is InChI=1S/C11H12N2O2/c12-9(11(14)15)5-7-6-13-10-4-2-1-3-8(7)10/h1-3,6,9H,4-5,12H2,(H,14,15)/t9-/m1/s1. The van der Waals surface area contributed by atoms with Crippen LogP contribution in [0.1, 0.15) is 12.8 Å². The number of rotatable bonds is 3. The Kier molecular flexibility index (Phi) is 2.51. The lowest BCUT2D eigenvalue weighted by Crippen LogP contribution is -2.30. The maximum absolute atomic E-state index is 10.6. The molecule has 0 saturated heterocycles. The second-order valence-electron chi connectivity index (χ2n) is 3.59. The lowest BCUT2D eigenvalue weighted by atomic mass is 9.94. The third-order valence-electron chi connectivity index (χ3n) is 2.50. The smallest absolute Gasteiger partial charge is 0.320 e. The van der Waals surface area contributed by atoms with E-state index >= 15 is 0 Å². The van der Waals surface area contributed by atoms with Crippen molar-refractivity contribution in [2.75, 3.05) is 0 Å². The van der Waals surface area contributed by atoms with Gasteiger partial charge in [0, 0.05) is 24.6 Å². The molecule has 4 heteroatoms. The summed E-state index contributed by atoms with van der Waals surface area (Å²) in [6.07, 6.45) is 8.80. The van der Waals surface area contributed by atoms with Crippen LogP contribution in [0.4, 0.5) is 0 Å². The van der Waals surface area contributed by atoms with Crippen molar-refractivity contribution in [2.45, 2.75) is 18.9 Å². The number of nitrogens with zero attached hydrogens (tertiary/aromatic N) is 1. The SMILES string of the molecule is N[C@H](CC1=CN=C2CC=CC=C12)C(=O)O. The number of nitrogens with two attached hydrogens (primary N) is 1. The summed E-state index contributed by atoms with van der Waals surface area (Å²) in [6.45, 7) is 0. The number of hydrogen-bond donors (Lipinski definition) is 2. The fourth-order valence-electron chi connectivity index (χ4n) is 1.68. The number of carboxylic acid groups (broad SMARTS) is 1. The van der Waals surface area contributed by atoms with Gasteiger partial charge in [-0.3, -0.25) is 9.79 Å². The Bertz CT molecular complexity index is 416. The molecule has 3 N–H and O–H groups in total. The molecule has 0 aromatic carbocycles. The molecular weight excluding hydrogens is 192 g/mol. The van der Waals surface area contributed by atoms with Gasteiger partial charge in [0.1, 0.15) is 6.04 Å². The first-order chi connectivity index (χ1) is 7.18. The summed E-state index contributed by atoms with van der Waals surface area (Å²) < 4.78 is 0. The third-order valence-corrected chi connectivity index (χ3v) is 2.50. The molecule has 0 bridgehead atoms. The van der Waals surface area contributed by atoms with Crippen molar-refractivity contribution in [3.05, 3.63) is 35.6 Å².